The first kappa shape index (κ1) is 20.1. The van der Waals surface area contributed by atoms with E-state index in [0.717, 1.165) is 16.8 Å². The van der Waals surface area contributed by atoms with Crippen LogP contribution >= 0.6 is 0 Å². The fourth-order valence-electron chi connectivity index (χ4n) is 3.26. The van der Waals surface area contributed by atoms with Gasteiger partial charge in [0.2, 0.25) is 0 Å². The average Bonchev–Trinajstić information content (AvgIpc) is 2.78. The van der Waals surface area contributed by atoms with Gasteiger partial charge in [-0.25, -0.2) is 5.84 Å². The molecule has 7 nitrogen and oxygen atoms in total. The molecule has 0 unspecified atom stereocenters. The Balaban J connectivity index is 1.65. The number of anilines is 3. The molecule has 4 aromatic carbocycles. The van der Waals surface area contributed by atoms with Crippen LogP contribution in [0.4, 0.5) is 28.4 Å². The van der Waals surface area contributed by atoms with Gasteiger partial charge in [-0.3, -0.25) is 9.80 Å². The van der Waals surface area contributed by atoms with Crippen molar-refractivity contribution in [3.63, 3.8) is 0 Å². The highest BCUT2D eigenvalue weighted by atomic mass is 16.3. The van der Waals surface area contributed by atoms with Gasteiger partial charge in [0.15, 0.2) is 11.5 Å². The number of hydrogen-bond acceptors (Lipinski definition) is 7. The van der Waals surface area contributed by atoms with Crippen molar-refractivity contribution in [1.29, 1.82) is 0 Å². The predicted octanol–water partition coefficient (Wildman–Crippen LogP) is 5.76. The molecule has 0 aliphatic heterocycles. The van der Waals surface area contributed by atoms with E-state index in [1.807, 2.05) is 48.5 Å². The number of rotatable bonds is 5. The molecule has 0 aromatic heterocycles. The lowest BCUT2D eigenvalue weighted by Crippen LogP contribution is -2.24. The molecule has 0 radical (unpaired) electrons. The number of carbonyl (C=O) groups is 1. The second-order valence-corrected chi connectivity index (χ2v) is 7.08. The molecule has 0 heterocycles. The predicted molar refractivity (Wildman–Crippen MR) is 123 cm³/mol. The van der Waals surface area contributed by atoms with Crippen molar-refractivity contribution in [2.24, 2.45) is 16.1 Å². The number of phenolic OH excluding ortho intramolecular Hbond substituents is 1. The number of hydrazine groups is 1. The van der Waals surface area contributed by atoms with Crippen LogP contribution in [0.25, 0.3) is 10.8 Å². The van der Waals surface area contributed by atoms with Gasteiger partial charge in [0, 0.05) is 11.1 Å². The number of fused-ring (bicyclic) bond motifs is 1. The van der Waals surface area contributed by atoms with Gasteiger partial charge in [-0.15, -0.1) is 5.11 Å². The first-order chi connectivity index (χ1) is 14.9. The standard InChI is InChI=1S/C24H21N5O2/c1-15(30)22-14-16-4-2-3-5-21(16)23(24(22)31)28-27-18-8-12-20(13-9-18)29(26)19-10-6-17(25)7-11-19/h2-14,31H,25-26H2,1H3. The van der Waals surface area contributed by atoms with Gasteiger partial charge >= 0.3 is 0 Å². The Morgan fingerprint density at radius 3 is 2.16 bits per heavy atom. The lowest BCUT2D eigenvalue weighted by atomic mass is 10.0. The van der Waals surface area contributed by atoms with E-state index in [0.29, 0.717) is 16.8 Å². The minimum absolute atomic E-state index is 0.178. The number of nitrogen functional groups attached to an aromatic ring is 1. The van der Waals surface area contributed by atoms with E-state index < -0.39 is 0 Å². The molecule has 4 rings (SSSR count). The molecule has 0 spiro atoms. The zero-order valence-electron chi connectivity index (χ0n) is 16.9. The third-order valence-electron chi connectivity index (χ3n) is 4.94. The molecule has 0 atom stereocenters. The Morgan fingerprint density at radius 1 is 0.903 bits per heavy atom. The van der Waals surface area contributed by atoms with Crippen molar-refractivity contribution in [1.82, 2.24) is 0 Å². The summed E-state index contributed by atoms with van der Waals surface area (Å²) in [4.78, 5) is 11.9. The van der Waals surface area contributed by atoms with Gasteiger partial charge in [-0.2, -0.15) is 5.11 Å². The van der Waals surface area contributed by atoms with E-state index in [-0.39, 0.29) is 22.8 Å². The van der Waals surface area contributed by atoms with Gasteiger partial charge < -0.3 is 10.8 Å². The number of Topliss-reactive ketones (excluding diaryl/α,β-unsaturated/α-hetero) is 1. The van der Waals surface area contributed by atoms with Crippen LogP contribution < -0.4 is 16.6 Å². The van der Waals surface area contributed by atoms with E-state index in [4.69, 9.17) is 11.6 Å². The Labute approximate surface area is 179 Å². The minimum Gasteiger partial charge on any atom is -0.505 e. The maximum atomic E-state index is 11.9. The van der Waals surface area contributed by atoms with Crippen LogP contribution in [0, 0.1) is 0 Å². The summed E-state index contributed by atoms with van der Waals surface area (Å²) in [6, 6.07) is 23.5. The summed E-state index contributed by atoms with van der Waals surface area (Å²) in [5.74, 6) is 5.76. The maximum absolute atomic E-state index is 11.9. The SMILES string of the molecule is CC(=O)c1cc2ccccc2c(N=Nc2ccc(N(N)c3ccc(N)cc3)cc2)c1O. The Hall–Kier alpha value is -4.23. The second-order valence-electron chi connectivity index (χ2n) is 7.08. The summed E-state index contributed by atoms with van der Waals surface area (Å²) >= 11 is 0. The molecule has 0 saturated heterocycles. The summed E-state index contributed by atoms with van der Waals surface area (Å²) in [5, 5.41) is 22.1. The number of phenols is 1. The number of benzene rings is 4. The normalized spacial score (nSPS) is 11.2. The van der Waals surface area contributed by atoms with Crippen LogP contribution in [0.15, 0.2) is 89.1 Å². The maximum Gasteiger partial charge on any atom is 0.163 e. The monoisotopic (exact) mass is 411 g/mol. The van der Waals surface area contributed by atoms with Crippen molar-refractivity contribution in [3.05, 3.63) is 84.4 Å². The summed E-state index contributed by atoms with van der Waals surface area (Å²) in [6.07, 6.45) is 0. The number of ketones is 1. The molecule has 0 aliphatic rings. The number of nitrogens with zero attached hydrogens (tertiary/aromatic N) is 3. The highest BCUT2D eigenvalue weighted by Gasteiger charge is 2.15. The van der Waals surface area contributed by atoms with Crippen molar-refractivity contribution < 1.29 is 9.90 Å². The van der Waals surface area contributed by atoms with Crippen LogP contribution in [0.2, 0.25) is 0 Å². The Kier molecular flexibility index (Phi) is 5.34. The van der Waals surface area contributed by atoms with Crippen molar-refractivity contribution in [2.45, 2.75) is 6.92 Å². The smallest absolute Gasteiger partial charge is 0.163 e. The fraction of sp³-hybridized carbons (Fsp3) is 0.0417. The second kappa shape index (κ2) is 8.25. The van der Waals surface area contributed by atoms with Gasteiger partial charge in [0.1, 0.15) is 5.69 Å². The number of azo groups is 1. The van der Waals surface area contributed by atoms with Gasteiger partial charge in [0.25, 0.3) is 0 Å². The number of nitrogens with two attached hydrogens (primary N) is 2. The van der Waals surface area contributed by atoms with E-state index in [2.05, 4.69) is 10.2 Å². The molecule has 0 bridgehead atoms. The van der Waals surface area contributed by atoms with Crippen molar-refractivity contribution in [3.8, 4) is 5.75 Å². The summed E-state index contributed by atoms with van der Waals surface area (Å²) < 4.78 is 0. The quantitative estimate of drug-likeness (QED) is 0.127. The molecular formula is C24H21N5O2. The van der Waals surface area contributed by atoms with E-state index >= 15 is 0 Å². The van der Waals surface area contributed by atoms with Crippen molar-refractivity contribution >= 4 is 45.0 Å². The largest absolute Gasteiger partial charge is 0.505 e. The van der Waals surface area contributed by atoms with Gasteiger partial charge in [-0.05, 0) is 66.9 Å². The Bertz CT molecular complexity index is 1280. The first-order valence-electron chi connectivity index (χ1n) is 9.62. The lowest BCUT2D eigenvalue weighted by molar-refractivity contribution is 0.101. The number of aromatic hydroxyl groups is 1. The molecule has 7 heteroatoms. The molecule has 0 aliphatic carbocycles. The third kappa shape index (κ3) is 4.08. The highest BCUT2D eigenvalue weighted by molar-refractivity contribution is 6.06. The van der Waals surface area contributed by atoms with Crippen LogP contribution in [-0.4, -0.2) is 10.9 Å². The topological polar surface area (TPSA) is 117 Å². The summed E-state index contributed by atoms with van der Waals surface area (Å²) in [6.45, 7) is 1.41. The average molecular weight is 411 g/mol. The summed E-state index contributed by atoms with van der Waals surface area (Å²) in [5.41, 5.74) is 8.98. The third-order valence-corrected chi connectivity index (χ3v) is 4.94. The zero-order valence-corrected chi connectivity index (χ0v) is 16.9. The number of carbonyl (C=O) groups excluding carboxylic acids is 1. The van der Waals surface area contributed by atoms with Gasteiger partial charge in [-0.1, -0.05) is 24.3 Å². The molecule has 0 amide bonds. The van der Waals surface area contributed by atoms with E-state index in [9.17, 15) is 9.90 Å². The molecular weight excluding hydrogens is 390 g/mol. The molecule has 31 heavy (non-hydrogen) atoms. The first-order valence-corrected chi connectivity index (χ1v) is 9.62. The zero-order chi connectivity index (χ0) is 22.0. The minimum atomic E-state index is -0.241. The number of hydrogen-bond donors (Lipinski definition) is 3. The molecule has 4 aromatic rings. The summed E-state index contributed by atoms with van der Waals surface area (Å²) in [7, 11) is 0. The molecule has 5 N–H and O–H groups in total. The van der Waals surface area contributed by atoms with E-state index in [1.165, 1.54) is 11.9 Å². The van der Waals surface area contributed by atoms with E-state index in [1.54, 1.807) is 30.3 Å². The van der Waals surface area contributed by atoms with Crippen LogP contribution in [0.3, 0.4) is 0 Å². The molecule has 154 valence electrons. The van der Waals surface area contributed by atoms with Gasteiger partial charge in [0.05, 0.1) is 22.6 Å². The van der Waals surface area contributed by atoms with Crippen LogP contribution in [0.5, 0.6) is 5.75 Å². The fourth-order valence-corrected chi connectivity index (χ4v) is 3.26. The lowest BCUT2D eigenvalue weighted by Gasteiger charge is -2.18. The van der Waals surface area contributed by atoms with Crippen LogP contribution in [-0.2, 0) is 0 Å². The highest BCUT2D eigenvalue weighted by Crippen LogP contribution is 2.39. The molecule has 0 fully saturated rings. The molecule has 0 saturated carbocycles. The van der Waals surface area contributed by atoms with Crippen molar-refractivity contribution in [2.75, 3.05) is 10.7 Å². The Morgan fingerprint density at radius 2 is 1.52 bits per heavy atom. The van der Waals surface area contributed by atoms with Crippen LogP contribution in [0.1, 0.15) is 17.3 Å².